The molecule has 0 saturated heterocycles. The minimum absolute atomic E-state index is 0.00928. The average Bonchev–Trinajstić information content (AvgIpc) is 2.84. The Balaban J connectivity index is 1.66. The second kappa shape index (κ2) is 8.70. The topological polar surface area (TPSA) is 46.6 Å². The zero-order chi connectivity index (χ0) is 22.9. The summed E-state index contributed by atoms with van der Waals surface area (Å²) >= 11 is 0. The van der Waals surface area contributed by atoms with Gasteiger partial charge in [-0.1, -0.05) is 66.2 Å². The number of ether oxygens (including phenoxy) is 1. The first kappa shape index (κ1) is 21.2. The van der Waals surface area contributed by atoms with Crippen LogP contribution in [0.3, 0.4) is 0 Å². The van der Waals surface area contributed by atoms with Crippen LogP contribution in [-0.2, 0) is 9.59 Å². The number of hydrogen-bond acceptors (Lipinski definition) is 3. The van der Waals surface area contributed by atoms with E-state index < -0.39 is 0 Å². The van der Waals surface area contributed by atoms with E-state index in [1.807, 2.05) is 67.6 Å². The number of Topliss-reactive ketones (excluding diaryl/α,β-unsaturated/α-hetero) is 1. The molecule has 4 heteroatoms. The van der Waals surface area contributed by atoms with Crippen LogP contribution >= 0.6 is 0 Å². The van der Waals surface area contributed by atoms with Crippen molar-refractivity contribution in [1.29, 1.82) is 0 Å². The van der Waals surface area contributed by atoms with Gasteiger partial charge in [0.15, 0.2) is 5.78 Å². The summed E-state index contributed by atoms with van der Waals surface area (Å²) in [5.41, 5.74) is 5.66. The molecule has 0 spiro atoms. The number of hydrogen-bond donors (Lipinski definition) is 0. The monoisotopic (exact) mass is 437 g/mol. The number of anilines is 1. The van der Waals surface area contributed by atoms with Gasteiger partial charge in [0, 0.05) is 36.1 Å². The number of aryl methyl sites for hydroxylation is 1. The van der Waals surface area contributed by atoms with Crippen LogP contribution in [0.4, 0.5) is 5.69 Å². The number of amides is 1. The van der Waals surface area contributed by atoms with E-state index in [4.69, 9.17) is 4.74 Å². The molecule has 0 fully saturated rings. The number of allylic oxidation sites excluding steroid dienone is 2. The van der Waals surface area contributed by atoms with Crippen LogP contribution in [0.2, 0.25) is 0 Å². The molecular weight excluding hydrogens is 410 g/mol. The van der Waals surface area contributed by atoms with Crippen molar-refractivity contribution in [3.8, 4) is 5.75 Å². The van der Waals surface area contributed by atoms with Gasteiger partial charge in [-0.2, -0.15) is 0 Å². The maximum Gasteiger partial charge on any atom is 0.232 e. The van der Waals surface area contributed by atoms with Gasteiger partial charge in [0.25, 0.3) is 0 Å². The first-order chi connectivity index (χ1) is 16.0. The van der Waals surface area contributed by atoms with Gasteiger partial charge in [0.1, 0.15) is 5.75 Å². The molecule has 3 aromatic rings. The maximum absolute atomic E-state index is 13.7. The van der Waals surface area contributed by atoms with Crippen LogP contribution in [0.25, 0.3) is 0 Å². The van der Waals surface area contributed by atoms with Crippen molar-refractivity contribution in [3.63, 3.8) is 0 Å². The molecule has 2 aliphatic rings. The summed E-state index contributed by atoms with van der Waals surface area (Å²) in [6.45, 7) is 2.04. The Bertz CT molecular complexity index is 1240. The molecule has 33 heavy (non-hydrogen) atoms. The van der Waals surface area contributed by atoms with Crippen LogP contribution < -0.4 is 9.64 Å². The SMILES string of the molecule is COc1cccc(N2C(=O)CC(c3cccc(C)c3)C3=C2CC(c2ccccc2)CC3=O)c1. The van der Waals surface area contributed by atoms with Gasteiger partial charge in [0.2, 0.25) is 5.91 Å². The van der Waals surface area contributed by atoms with E-state index in [1.165, 1.54) is 0 Å². The molecule has 2 unspecified atom stereocenters. The molecule has 1 amide bonds. The summed E-state index contributed by atoms with van der Waals surface area (Å²) in [5.74, 6) is 0.671. The molecule has 0 N–H and O–H groups in total. The van der Waals surface area contributed by atoms with Crippen molar-refractivity contribution >= 4 is 17.4 Å². The van der Waals surface area contributed by atoms with Gasteiger partial charge < -0.3 is 4.74 Å². The fourth-order valence-corrected chi connectivity index (χ4v) is 5.22. The Morgan fingerprint density at radius 3 is 2.33 bits per heavy atom. The van der Waals surface area contributed by atoms with E-state index in [0.717, 1.165) is 33.6 Å². The van der Waals surface area contributed by atoms with E-state index in [9.17, 15) is 9.59 Å². The smallest absolute Gasteiger partial charge is 0.232 e. The van der Waals surface area contributed by atoms with Crippen molar-refractivity contribution in [2.45, 2.75) is 38.0 Å². The lowest BCUT2D eigenvalue weighted by atomic mass is 9.72. The highest BCUT2D eigenvalue weighted by Gasteiger charge is 2.42. The molecule has 0 aromatic heterocycles. The minimum atomic E-state index is -0.210. The standard InChI is InChI=1S/C29H27NO3/c1-19-8-6-11-21(14-19)25-18-28(32)30(23-12-7-13-24(17-23)33-2)26-15-22(16-27(31)29(25)26)20-9-4-3-5-10-20/h3-14,17,22,25H,15-16,18H2,1-2H3. The van der Waals surface area contributed by atoms with Crippen molar-refractivity contribution in [1.82, 2.24) is 0 Å². The average molecular weight is 438 g/mol. The Morgan fingerprint density at radius 1 is 0.818 bits per heavy atom. The van der Waals surface area contributed by atoms with E-state index in [2.05, 4.69) is 18.2 Å². The number of benzene rings is 3. The first-order valence-electron chi connectivity index (χ1n) is 11.4. The highest BCUT2D eigenvalue weighted by atomic mass is 16.5. The van der Waals surface area contributed by atoms with Gasteiger partial charge in [-0.05, 0) is 42.5 Å². The number of ketones is 1. The predicted molar refractivity (Wildman–Crippen MR) is 129 cm³/mol. The second-order valence-corrected chi connectivity index (χ2v) is 8.90. The Morgan fingerprint density at radius 2 is 1.58 bits per heavy atom. The van der Waals surface area contributed by atoms with Crippen molar-refractivity contribution in [2.75, 3.05) is 12.0 Å². The lowest BCUT2D eigenvalue weighted by molar-refractivity contribution is -0.120. The summed E-state index contributed by atoms with van der Waals surface area (Å²) in [6, 6.07) is 25.8. The van der Waals surface area contributed by atoms with Gasteiger partial charge in [0.05, 0.1) is 12.8 Å². The van der Waals surface area contributed by atoms with Crippen molar-refractivity contribution < 1.29 is 14.3 Å². The maximum atomic E-state index is 13.7. The largest absolute Gasteiger partial charge is 0.497 e. The molecule has 5 rings (SSSR count). The Labute approximate surface area is 194 Å². The lowest BCUT2D eigenvalue weighted by Gasteiger charge is -2.40. The zero-order valence-corrected chi connectivity index (χ0v) is 19.0. The summed E-state index contributed by atoms with van der Waals surface area (Å²) in [7, 11) is 1.62. The van der Waals surface area contributed by atoms with E-state index in [0.29, 0.717) is 18.6 Å². The number of nitrogens with zero attached hydrogens (tertiary/aromatic N) is 1. The van der Waals surface area contributed by atoms with E-state index in [-0.39, 0.29) is 29.9 Å². The third-order valence-corrected chi connectivity index (χ3v) is 6.76. The summed E-state index contributed by atoms with van der Waals surface area (Å²) in [4.78, 5) is 29.0. The molecule has 0 saturated carbocycles. The molecule has 3 aromatic carbocycles. The molecule has 2 atom stereocenters. The zero-order valence-electron chi connectivity index (χ0n) is 19.0. The fourth-order valence-electron chi connectivity index (χ4n) is 5.22. The predicted octanol–water partition coefficient (Wildman–Crippen LogP) is 5.92. The molecule has 4 nitrogen and oxygen atoms in total. The number of methoxy groups -OCH3 is 1. The van der Waals surface area contributed by atoms with Crippen LogP contribution in [-0.4, -0.2) is 18.8 Å². The highest BCUT2D eigenvalue weighted by Crippen LogP contribution is 2.47. The lowest BCUT2D eigenvalue weighted by Crippen LogP contribution is -2.41. The normalized spacial score (nSPS) is 20.6. The summed E-state index contributed by atoms with van der Waals surface area (Å²) < 4.78 is 5.41. The molecular formula is C29H27NO3. The third-order valence-electron chi connectivity index (χ3n) is 6.76. The Kier molecular flexibility index (Phi) is 5.59. The van der Waals surface area contributed by atoms with Crippen LogP contribution in [0.1, 0.15) is 47.8 Å². The summed E-state index contributed by atoms with van der Waals surface area (Å²) in [6.07, 6.45) is 1.39. The quantitative estimate of drug-likeness (QED) is 0.509. The molecule has 1 aliphatic carbocycles. The summed E-state index contributed by atoms with van der Waals surface area (Å²) in [5, 5.41) is 0. The molecule has 166 valence electrons. The molecule has 0 bridgehead atoms. The van der Waals surface area contributed by atoms with Gasteiger partial charge >= 0.3 is 0 Å². The molecule has 1 heterocycles. The van der Waals surface area contributed by atoms with Crippen molar-refractivity contribution in [2.24, 2.45) is 0 Å². The van der Waals surface area contributed by atoms with Crippen molar-refractivity contribution in [3.05, 3.63) is 107 Å². The number of rotatable bonds is 4. The second-order valence-electron chi connectivity index (χ2n) is 8.90. The molecule has 1 aliphatic heterocycles. The van der Waals surface area contributed by atoms with Gasteiger partial charge in [-0.3, -0.25) is 14.5 Å². The third kappa shape index (κ3) is 3.97. The van der Waals surface area contributed by atoms with E-state index >= 15 is 0 Å². The highest BCUT2D eigenvalue weighted by molar-refractivity contribution is 6.08. The number of carbonyl (C=O) groups excluding carboxylic acids is 2. The van der Waals surface area contributed by atoms with Crippen LogP contribution in [0.15, 0.2) is 90.1 Å². The fraction of sp³-hybridized carbons (Fsp3) is 0.241. The Hall–Kier alpha value is -3.66. The van der Waals surface area contributed by atoms with E-state index in [1.54, 1.807) is 12.0 Å². The van der Waals surface area contributed by atoms with Gasteiger partial charge in [-0.25, -0.2) is 0 Å². The first-order valence-corrected chi connectivity index (χ1v) is 11.4. The number of carbonyl (C=O) groups is 2. The molecule has 0 radical (unpaired) electrons. The van der Waals surface area contributed by atoms with Crippen LogP contribution in [0, 0.1) is 6.92 Å². The minimum Gasteiger partial charge on any atom is -0.497 e. The van der Waals surface area contributed by atoms with Crippen LogP contribution in [0.5, 0.6) is 5.75 Å². The van der Waals surface area contributed by atoms with Gasteiger partial charge in [-0.15, -0.1) is 0 Å².